The van der Waals surface area contributed by atoms with Gasteiger partial charge in [0.1, 0.15) is 5.75 Å². The Hall–Kier alpha value is -2.82. The zero-order chi connectivity index (χ0) is 16.7. The lowest BCUT2D eigenvalue weighted by Gasteiger charge is -2.09. The van der Waals surface area contributed by atoms with Gasteiger partial charge in [-0.2, -0.15) is 0 Å². The molecule has 0 aliphatic heterocycles. The minimum atomic E-state index is -0.181. The zero-order valence-electron chi connectivity index (χ0n) is 13.3. The molecule has 0 heterocycles. The number of amides is 1. The van der Waals surface area contributed by atoms with Crippen molar-refractivity contribution >= 4 is 23.1 Å². The number of Topliss-reactive ketones (excluding diaryl/α,β-unsaturated/α-hetero) is 1. The van der Waals surface area contributed by atoms with E-state index in [1.165, 1.54) is 6.92 Å². The van der Waals surface area contributed by atoms with Crippen molar-refractivity contribution in [3.8, 4) is 5.75 Å². The number of rotatable bonds is 7. The van der Waals surface area contributed by atoms with Gasteiger partial charge in [-0.25, -0.2) is 0 Å². The Morgan fingerprint density at radius 3 is 2.43 bits per heavy atom. The molecule has 0 aliphatic rings. The number of benzene rings is 2. The molecule has 0 fully saturated rings. The Bertz CT molecular complexity index is 681. The van der Waals surface area contributed by atoms with Gasteiger partial charge in [0.2, 0.25) is 5.91 Å². The highest BCUT2D eigenvalue weighted by Crippen LogP contribution is 2.15. The Labute approximate surface area is 135 Å². The summed E-state index contributed by atoms with van der Waals surface area (Å²) < 4.78 is 5.36. The molecule has 23 heavy (non-hydrogen) atoms. The number of ketones is 1. The number of hydrogen-bond donors (Lipinski definition) is 2. The third-order valence-corrected chi connectivity index (χ3v) is 3.17. The van der Waals surface area contributed by atoms with Crippen LogP contribution in [0.2, 0.25) is 0 Å². The van der Waals surface area contributed by atoms with E-state index in [0.717, 1.165) is 11.4 Å². The van der Waals surface area contributed by atoms with Gasteiger partial charge < -0.3 is 15.4 Å². The molecule has 0 aliphatic carbocycles. The second-order valence-corrected chi connectivity index (χ2v) is 5.00. The molecule has 0 radical (unpaired) electrons. The molecular weight excluding hydrogens is 292 g/mol. The van der Waals surface area contributed by atoms with Gasteiger partial charge in [-0.3, -0.25) is 9.59 Å². The van der Waals surface area contributed by atoms with Crippen LogP contribution in [0.3, 0.4) is 0 Å². The molecule has 0 unspecified atom stereocenters. The van der Waals surface area contributed by atoms with Crippen LogP contribution in [-0.2, 0) is 4.79 Å². The van der Waals surface area contributed by atoms with Gasteiger partial charge in [-0.05, 0) is 50.2 Å². The highest BCUT2D eigenvalue weighted by molar-refractivity contribution is 5.98. The van der Waals surface area contributed by atoms with Gasteiger partial charge in [0.05, 0.1) is 13.2 Å². The van der Waals surface area contributed by atoms with Gasteiger partial charge in [0, 0.05) is 16.9 Å². The smallest absolute Gasteiger partial charge is 0.243 e. The number of hydrogen-bond acceptors (Lipinski definition) is 4. The Kier molecular flexibility index (Phi) is 5.74. The molecular formula is C18H20N2O3. The zero-order valence-corrected chi connectivity index (χ0v) is 13.3. The van der Waals surface area contributed by atoms with Crippen molar-refractivity contribution in [3.05, 3.63) is 54.1 Å². The topological polar surface area (TPSA) is 67.4 Å². The molecule has 0 aromatic heterocycles. The molecule has 0 saturated carbocycles. The number of anilines is 2. The predicted octanol–water partition coefficient (Wildman–Crippen LogP) is 3.34. The lowest BCUT2D eigenvalue weighted by atomic mass is 10.1. The van der Waals surface area contributed by atoms with Crippen molar-refractivity contribution in [2.45, 2.75) is 13.8 Å². The van der Waals surface area contributed by atoms with Crippen LogP contribution >= 0.6 is 0 Å². The summed E-state index contributed by atoms with van der Waals surface area (Å²) in [5.41, 5.74) is 2.01. The van der Waals surface area contributed by atoms with Crippen LogP contribution in [0, 0.1) is 0 Å². The van der Waals surface area contributed by atoms with E-state index < -0.39 is 0 Å². The molecule has 120 valence electrons. The highest BCUT2D eigenvalue weighted by atomic mass is 16.5. The minimum Gasteiger partial charge on any atom is -0.494 e. The largest absolute Gasteiger partial charge is 0.494 e. The van der Waals surface area contributed by atoms with E-state index in [1.54, 1.807) is 24.3 Å². The molecule has 0 bridgehead atoms. The normalized spacial score (nSPS) is 10.0. The van der Waals surface area contributed by atoms with Crippen LogP contribution in [0.5, 0.6) is 5.75 Å². The first-order valence-corrected chi connectivity index (χ1v) is 7.46. The minimum absolute atomic E-state index is 0.0337. The maximum absolute atomic E-state index is 12.0. The predicted molar refractivity (Wildman–Crippen MR) is 91.2 cm³/mol. The lowest BCUT2D eigenvalue weighted by Crippen LogP contribution is -2.21. The van der Waals surface area contributed by atoms with E-state index in [4.69, 9.17) is 4.74 Å². The van der Waals surface area contributed by atoms with Crippen LogP contribution in [-0.4, -0.2) is 24.8 Å². The number of carbonyl (C=O) groups excluding carboxylic acids is 2. The molecule has 0 atom stereocenters. The van der Waals surface area contributed by atoms with Crippen molar-refractivity contribution in [2.24, 2.45) is 0 Å². The molecule has 2 aromatic rings. The second kappa shape index (κ2) is 7.98. The quantitative estimate of drug-likeness (QED) is 0.770. The van der Waals surface area contributed by atoms with Gasteiger partial charge in [0.15, 0.2) is 5.78 Å². The summed E-state index contributed by atoms with van der Waals surface area (Å²) in [7, 11) is 0. The molecule has 0 saturated heterocycles. The summed E-state index contributed by atoms with van der Waals surface area (Å²) >= 11 is 0. The van der Waals surface area contributed by atoms with Gasteiger partial charge in [0.25, 0.3) is 0 Å². The summed E-state index contributed by atoms with van der Waals surface area (Å²) in [4.78, 5) is 23.3. The lowest BCUT2D eigenvalue weighted by molar-refractivity contribution is -0.114. The first-order chi connectivity index (χ1) is 11.1. The Morgan fingerprint density at radius 2 is 1.78 bits per heavy atom. The summed E-state index contributed by atoms with van der Waals surface area (Å²) in [5.74, 6) is 0.580. The number of nitrogens with one attached hydrogen (secondary N) is 2. The highest BCUT2D eigenvalue weighted by Gasteiger charge is 2.05. The van der Waals surface area contributed by atoms with E-state index in [9.17, 15) is 9.59 Å². The van der Waals surface area contributed by atoms with E-state index in [1.807, 2.05) is 31.2 Å². The average molecular weight is 312 g/mol. The Balaban J connectivity index is 1.87. The first-order valence-electron chi connectivity index (χ1n) is 7.46. The summed E-state index contributed by atoms with van der Waals surface area (Å²) in [6.07, 6.45) is 0. The SMILES string of the molecule is CCOc1ccc(NCC(=O)Nc2cccc(C(C)=O)c2)cc1. The van der Waals surface area contributed by atoms with E-state index in [2.05, 4.69) is 10.6 Å². The second-order valence-electron chi connectivity index (χ2n) is 5.00. The standard InChI is InChI=1S/C18H20N2O3/c1-3-23-17-9-7-15(8-10-17)19-12-18(22)20-16-6-4-5-14(11-16)13(2)21/h4-11,19H,3,12H2,1-2H3,(H,20,22). The fraction of sp³-hybridized carbons (Fsp3) is 0.222. The van der Waals surface area contributed by atoms with Crippen LogP contribution < -0.4 is 15.4 Å². The van der Waals surface area contributed by atoms with Gasteiger partial charge in [-0.1, -0.05) is 12.1 Å². The summed E-state index contributed by atoms with van der Waals surface area (Å²) in [6, 6.07) is 14.3. The molecule has 0 spiro atoms. The average Bonchev–Trinajstić information content (AvgIpc) is 2.55. The molecule has 2 N–H and O–H groups in total. The maximum Gasteiger partial charge on any atom is 0.243 e. The van der Waals surface area contributed by atoms with Crippen LogP contribution in [0.4, 0.5) is 11.4 Å². The van der Waals surface area contributed by atoms with Crippen molar-refractivity contribution in [1.82, 2.24) is 0 Å². The van der Waals surface area contributed by atoms with Crippen molar-refractivity contribution in [2.75, 3.05) is 23.8 Å². The molecule has 2 rings (SSSR count). The monoisotopic (exact) mass is 312 g/mol. The van der Waals surface area contributed by atoms with Crippen LogP contribution in [0.1, 0.15) is 24.2 Å². The number of carbonyl (C=O) groups is 2. The van der Waals surface area contributed by atoms with Crippen LogP contribution in [0.15, 0.2) is 48.5 Å². The van der Waals surface area contributed by atoms with Crippen molar-refractivity contribution in [1.29, 1.82) is 0 Å². The molecule has 2 aromatic carbocycles. The van der Waals surface area contributed by atoms with Crippen molar-refractivity contribution in [3.63, 3.8) is 0 Å². The van der Waals surface area contributed by atoms with E-state index in [-0.39, 0.29) is 18.2 Å². The van der Waals surface area contributed by atoms with Gasteiger partial charge >= 0.3 is 0 Å². The summed E-state index contributed by atoms with van der Waals surface area (Å²) in [6.45, 7) is 4.18. The van der Waals surface area contributed by atoms with Crippen molar-refractivity contribution < 1.29 is 14.3 Å². The molecule has 1 amide bonds. The molecule has 5 nitrogen and oxygen atoms in total. The third kappa shape index (κ3) is 5.14. The fourth-order valence-corrected chi connectivity index (χ4v) is 2.04. The number of ether oxygens (including phenoxy) is 1. The van der Waals surface area contributed by atoms with E-state index in [0.29, 0.717) is 17.9 Å². The van der Waals surface area contributed by atoms with E-state index >= 15 is 0 Å². The van der Waals surface area contributed by atoms with Crippen LogP contribution in [0.25, 0.3) is 0 Å². The van der Waals surface area contributed by atoms with Gasteiger partial charge in [-0.15, -0.1) is 0 Å². The molecule has 5 heteroatoms. The third-order valence-electron chi connectivity index (χ3n) is 3.17. The summed E-state index contributed by atoms with van der Waals surface area (Å²) in [5, 5.41) is 5.80. The Morgan fingerprint density at radius 1 is 1.04 bits per heavy atom. The maximum atomic E-state index is 12.0. The fourth-order valence-electron chi connectivity index (χ4n) is 2.04. The first kappa shape index (κ1) is 16.5.